The number of hydrogen-bond acceptors (Lipinski definition) is 2. The lowest BCUT2D eigenvalue weighted by Gasteiger charge is -2.21. The molecule has 0 fully saturated rings. The Balaban J connectivity index is 3.88. The summed E-state index contributed by atoms with van der Waals surface area (Å²) in [5.74, 6) is 0. The van der Waals surface area contributed by atoms with Crippen molar-refractivity contribution < 1.29 is 0 Å². The van der Waals surface area contributed by atoms with Gasteiger partial charge in [0.1, 0.15) is 0 Å². The smallest absolute Gasteiger partial charge is 0.0728 e. The van der Waals surface area contributed by atoms with Crippen molar-refractivity contribution >= 4 is 0 Å². The molecule has 0 saturated carbocycles. The Hall–Kier alpha value is -0.400. The van der Waals surface area contributed by atoms with Crippen LogP contribution in [0.2, 0.25) is 0 Å². The Morgan fingerprint density at radius 3 is 1.78 bits per heavy atom. The molecule has 2 heteroatoms. The molecule has 0 aromatic rings. The highest BCUT2D eigenvalue weighted by Gasteiger charge is 2.18. The van der Waals surface area contributed by atoms with Gasteiger partial charge in [-0.3, -0.25) is 0 Å². The van der Waals surface area contributed by atoms with Crippen molar-refractivity contribution in [1.82, 2.24) is 0 Å². The van der Waals surface area contributed by atoms with Gasteiger partial charge in [0.05, 0.1) is 6.04 Å². The highest BCUT2D eigenvalue weighted by Crippen LogP contribution is 2.21. The van der Waals surface area contributed by atoms with Crippen molar-refractivity contribution in [1.29, 1.82) is 0 Å². The SMILES string of the molecule is CN=NC(C)C(C)(C)C. The van der Waals surface area contributed by atoms with Gasteiger partial charge in [0.25, 0.3) is 0 Å². The van der Waals surface area contributed by atoms with E-state index in [1.54, 1.807) is 7.05 Å². The maximum absolute atomic E-state index is 4.02. The van der Waals surface area contributed by atoms with Gasteiger partial charge in [0, 0.05) is 7.05 Å². The number of nitrogens with zero attached hydrogens (tertiary/aromatic N) is 2. The van der Waals surface area contributed by atoms with E-state index in [1.807, 2.05) is 0 Å². The molecule has 0 bridgehead atoms. The summed E-state index contributed by atoms with van der Waals surface area (Å²) in [6.07, 6.45) is 0. The van der Waals surface area contributed by atoms with E-state index < -0.39 is 0 Å². The molecule has 0 aliphatic heterocycles. The molecule has 1 unspecified atom stereocenters. The zero-order valence-corrected chi connectivity index (χ0v) is 6.97. The Labute approximate surface area is 57.4 Å². The standard InChI is InChI=1S/C7H16N2/c1-6(9-8-5)7(2,3)4/h6H,1-5H3. The third-order valence-corrected chi connectivity index (χ3v) is 1.54. The zero-order valence-electron chi connectivity index (χ0n) is 6.97. The minimum Gasteiger partial charge on any atom is -0.197 e. The molecule has 0 saturated heterocycles. The van der Waals surface area contributed by atoms with Gasteiger partial charge in [-0.2, -0.15) is 10.2 Å². The van der Waals surface area contributed by atoms with Crippen LogP contribution < -0.4 is 0 Å². The molecule has 0 rings (SSSR count). The third kappa shape index (κ3) is 3.22. The van der Waals surface area contributed by atoms with Crippen molar-refractivity contribution in [3.8, 4) is 0 Å². The summed E-state index contributed by atoms with van der Waals surface area (Å²) in [4.78, 5) is 0. The lowest BCUT2D eigenvalue weighted by Crippen LogP contribution is -2.20. The first-order valence-electron chi connectivity index (χ1n) is 3.27. The van der Waals surface area contributed by atoms with Crippen LogP contribution in [0.1, 0.15) is 27.7 Å². The summed E-state index contributed by atoms with van der Waals surface area (Å²) in [5.41, 5.74) is 0.250. The summed E-state index contributed by atoms with van der Waals surface area (Å²) in [6, 6.07) is 0.322. The molecule has 0 aliphatic rings. The number of azo groups is 1. The summed E-state index contributed by atoms with van der Waals surface area (Å²) < 4.78 is 0. The zero-order chi connectivity index (χ0) is 7.49. The van der Waals surface area contributed by atoms with Gasteiger partial charge in [-0.1, -0.05) is 20.8 Å². The minimum absolute atomic E-state index is 0.250. The maximum Gasteiger partial charge on any atom is 0.0728 e. The van der Waals surface area contributed by atoms with Gasteiger partial charge in [-0.25, -0.2) is 0 Å². The largest absolute Gasteiger partial charge is 0.197 e. The van der Waals surface area contributed by atoms with Crippen LogP contribution in [0.5, 0.6) is 0 Å². The van der Waals surface area contributed by atoms with Crippen molar-refractivity contribution in [3.63, 3.8) is 0 Å². The van der Waals surface area contributed by atoms with Gasteiger partial charge in [0.2, 0.25) is 0 Å². The molecule has 9 heavy (non-hydrogen) atoms. The van der Waals surface area contributed by atoms with E-state index >= 15 is 0 Å². The van der Waals surface area contributed by atoms with Gasteiger partial charge in [-0.15, -0.1) is 0 Å². The van der Waals surface area contributed by atoms with E-state index in [0.29, 0.717) is 6.04 Å². The molecular formula is C7H16N2. The molecule has 54 valence electrons. The summed E-state index contributed by atoms with van der Waals surface area (Å²) in [5, 5.41) is 7.75. The summed E-state index contributed by atoms with van der Waals surface area (Å²) >= 11 is 0. The first kappa shape index (κ1) is 8.60. The van der Waals surface area contributed by atoms with Crippen molar-refractivity contribution in [2.24, 2.45) is 15.6 Å². The molecular weight excluding hydrogens is 112 g/mol. The first-order valence-corrected chi connectivity index (χ1v) is 3.27. The molecule has 0 aromatic carbocycles. The van der Waals surface area contributed by atoms with E-state index in [0.717, 1.165) is 0 Å². The van der Waals surface area contributed by atoms with Crippen LogP contribution in [0.3, 0.4) is 0 Å². The quantitative estimate of drug-likeness (QED) is 0.485. The van der Waals surface area contributed by atoms with Crippen molar-refractivity contribution in [2.45, 2.75) is 33.7 Å². The number of hydrogen-bond donors (Lipinski definition) is 0. The number of rotatable bonds is 1. The predicted molar refractivity (Wildman–Crippen MR) is 39.7 cm³/mol. The second-order valence-electron chi connectivity index (χ2n) is 3.36. The molecule has 0 N–H and O–H groups in total. The topological polar surface area (TPSA) is 24.7 Å². The fourth-order valence-electron chi connectivity index (χ4n) is 0.346. The highest BCUT2D eigenvalue weighted by atomic mass is 15.1. The van der Waals surface area contributed by atoms with Crippen LogP contribution in [-0.2, 0) is 0 Å². The van der Waals surface area contributed by atoms with Crippen molar-refractivity contribution in [2.75, 3.05) is 7.05 Å². The average molecular weight is 128 g/mol. The maximum atomic E-state index is 4.02. The van der Waals surface area contributed by atoms with Gasteiger partial charge in [0.15, 0.2) is 0 Å². The molecule has 0 heterocycles. The first-order chi connectivity index (χ1) is 3.98. The fraction of sp³-hybridized carbons (Fsp3) is 1.00. The van der Waals surface area contributed by atoms with E-state index in [9.17, 15) is 0 Å². The normalized spacial score (nSPS) is 16.6. The van der Waals surface area contributed by atoms with Crippen LogP contribution in [0.4, 0.5) is 0 Å². The van der Waals surface area contributed by atoms with E-state index in [4.69, 9.17) is 0 Å². The van der Waals surface area contributed by atoms with E-state index in [2.05, 4.69) is 37.9 Å². The molecule has 0 aliphatic carbocycles. The Kier molecular flexibility index (Phi) is 2.82. The van der Waals surface area contributed by atoms with Crippen molar-refractivity contribution in [3.05, 3.63) is 0 Å². The van der Waals surface area contributed by atoms with Crippen LogP contribution in [0, 0.1) is 5.41 Å². The second-order valence-corrected chi connectivity index (χ2v) is 3.36. The molecule has 0 radical (unpaired) electrons. The average Bonchev–Trinajstić information content (AvgIpc) is 1.64. The fourth-order valence-corrected chi connectivity index (χ4v) is 0.346. The van der Waals surface area contributed by atoms with Crippen LogP contribution in [-0.4, -0.2) is 13.1 Å². The van der Waals surface area contributed by atoms with E-state index in [1.165, 1.54) is 0 Å². The highest BCUT2D eigenvalue weighted by molar-refractivity contribution is 4.73. The van der Waals surface area contributed by atoms with Crippen LogP contribution >= 0.6 is 0 Å². The van der Waals surface area contributed by atoms with Crippen LogP contribution in [0.15, 0.2) is 10.2 Å². The molecule has 1 atom stereocenters. The monoisotopic (exact) mass is 128 g/mol. The predicted octanol–water partition coefficient (Wildman–Crippen LogP) is 2.50. The Morgan fingerprint density at radius 1 is 1.22 bits per heavy atom. The summed E-state index contributed by atoms with van der Waals surface area (Å²) in [6.45, 7) is 8.55. The summed E-state index contributed by atoms with van der Waals surface area (Å²) in [7, 11) is 1.71. The van der Waals surface area contributed by atoms with Gasteiger partial charge < -0.3 is 0 Å². The lowest BCUT2D eigenvalue weighted by molar-refractivity contribution is 0.332. The third-order valence-electron chi connectivity index (χ3n) is 1.54. The van der Waals surface area contributed by atoms with Crippen LogP contribution in [0.25, 0.3) is 0 Å². The Bertz CT molecular complexity index is 100.0. The second kappa shape index (κ2) is 2.95. The van der Waals surface area contributed by atoms with E-state index in [-0.39, 0.29) is 5.41 Å². The van der Waals surface area contributed by atoms with Gasteiger partial charge in [-0.05, 0) is 12.3 Å². The minimum atomic E-state index is 0.250. The Morgan fingerprint density at radius 2 is 1.67 bits per heavy atom. The lowest BCUT2D eigenvalue weighted by atomic mass is 9.89. The molecule has 2 nitrogen and oxygen atoms in total. The van der Waals surface area contributed by atoms with Gasteiger partial charge >= 0.3 is 0 Å². The molecule has 0 aromatic heterocycles. The molecule has 0 amide bonds. The molecule has 0 spiro atoms.